The number of hydrogen-bond acceptors (Lipinski definition) is 4. The van der Waals surface area contributed by atoms with Gasteiger partial charge in [-0.1, -0.05) is 30.0 Å². The fourth-order valence-electron chi connectivity index (χ4n) is 2.27. The lowest BCUT2D eigenvalue weighted by Gasteiger charge is -2.08. The van der Waals surface area contributed by atoms with Crippen molar-refractivity contribution in [3.05, 3.63) is 59.4 Å². The highest BCUT2D eigenvalue weighted by molar-refractivity contribution is 7.99. The summed E-state index contributed by atoms with van der Waals surface area (Å²) in [6.07, 6.45) is 1.63. The van der Waals surface area contributed by atoms with Crippen molar-refractivity contribution in [2.24, 2.45) is 0 Å². The van der Waals surface area contributed by atoms with E-state index in [1.807, 2.05) is 43.3 Å². The minimum absolute atomic E-state index is 0.583. The smallest absolute Gasteiger partial charge is 0.102 e. The van der Waals surface area contributed by atoms with E-state index in [1.54, 1.807) is 6.20 Å². The van der Waals surface area contributed by atoms with Gasteiger partial charge >= 0.3 is 0 Å². The summed E-state index contributed by atoms with van der Waals surface area (Å²) in [6, 6.07) is 14.2. The Labute approximate surface area is 127 Å². The molecule has 0 amide bonds. The van der Waals surface area contributed by atoms with Gasteiger partial charge in [0, 0.05) is 22.2 Å². The first kappa shape index (κ1) is 13.6. The highest BCUT2D eigenvalue weighted by atomic mass is 32.2. The van der Waals surface area contributed by atoms with E-state index in [0.717, 1.165) is 26.5 Å². The average molecular weight is 291 g/mol. The average Bonchev–Trinajstić information content (AvgIpc) is 2.46. The van der Waals surface area contributed by atoms with Crippen molar-refractivity contribution < 1.29 is 0 Å². The van der Waals surface area contributed by atoms with Gasteiger partial charge in [0.05, 0.1) is 11.1 Å². The van der Waals surface area contributed by atoms with Crippen LogP contribution in [0.15, 0.2) is 52.5 Å². The number of fused-ring (bicyclic) bond motifs is 1. The van der Waals surface area contributed by atoms with E-state index >= 15 is 0 Å². The molecule has 0 saturated heterocycles. The highest BCUT2D eigenvalue weighted by Crippen LogP contribution is 2.34. The maximum atomic E-state index is 9.34. The van der Waals surface area contributed by atoms with Gasteiger partial charge in [-0.2, -0.15) is 5.26 Å². The number of hydrogen-bond donors (Lipinski definition) is 0. The van der Waals surface area contributed by atoms with Gasteiger partial charge in [-0.25, -0.2) is 4.98 Å². The maximum absolute atomic E-state index is 9.34. The summed E-state index contributed by atoms with van der Waals surface area (Å²) in [5.74, 6) is 0. The van der Waals surface area contributed by atoms with Crippen LogP contribution < -0.4 is 0 Å². The predicted octanol–water partition coefficient (Wildman–Crippen LogP) is 4.27. The SMILES string of the molecule is Cc1cc(C)nc(Sc2c(C#N)cnc3ccccc23)c1. The third-order valence-corrected chi connectivity index (χ3v) is 4.19. The number of para-hydroxylation sites is 1. The predicted molar refractivity (Wildman–Crippen MR) is 84.3 cm³/mol. The van der Waals surface area contributed by atoms with E-state index in [4.69, 9.17) is 0 Å². The van der Waals surface area contributed by atoms with Gasteiger partial charge in [-0.15, -0.1) is 0 Å². The number of benzene rings is 1. The zero-order valence-corrected chi connectivity index (χ0v) is 12.6. The lowest BCUT2D eigenvalue weighted by Crippen LogP contribution is -1.91. The van der Waals surface area contributed by atoms with Crippen molar-refractivity contribution in [1.82, 2.24) is 9.97 Å². The minimum atomic E-state index is 0.583. The van der Waals surface area contributed by atoms with Crippen molar-refractivity contribution in [3.63, 3.8) is 0 Å². The van der Waals surface area contributed by atoms with E-state index in [9.17, 15) is 5.26 Å². The van der Waals surface area contributed by atoms with E-state index in [0.29, 0.717) is 5.56 Å². The molecule has 4 heteroatoms. The summed E-state index contributed by atoms with van der Waals surface area (Å²) in [5.41, 5.74) is 3.62. The molecule has 3 rings (SSSR count). The van der Waals surface area contributed by atoms with Crippen LogP contribution in [0, 0.1) is 25.2 Å². The van der Waals surface area contributed by atoms with Crippen molar-refractivity contribution in [2.75, 3.05) is 0 Å². The molecule has 0 radical (unpaired) electrons. The first-order valence-corrected chi connectivity index (χ1v) is 7.40. The molecule has 0 aliphatic rings. The number of aromatic nitrogens is 2. The molecule has 0 unspecified atom stereocenters. The van der Waals surface area contributed by atoms with Gasteiger partial charge in [0.25, 0.3) is 0 Å². The molecule has 2 heterocycles. The summed E-state index contributed by atoms with van der Waals surface area (Å²) >= 11 is 1.52. The van der Waals surface area contributed by atoms with Crippen LogP contribution in [0.2, 0.25) is 0 Å². The molecule has 0 bridgehead atoms. The summed E-state index contributed by atoms with van der Waals surface area (Å²) in [5, 5.41) is 11.2. The Hall–Kier alpha value is -2.38. The van der Waals surface area contributed by atoms with Crippen LogP contribution in [0.3, 0.4) is 0 Å². The molecule has 0 N–H and O–H groups in total. The second-order valence-corrected chi connectivity index (χ2v) is 5.89. The Bertz CT molecular complexity index is 845. The fraction of sp³-hybridized carbons (Fsp3) is 0.118. The van der Waals surface area contributed by atoms with Crippen molar-refractivity contribution in [1.29, 1.82) is 5.26 Å². The molecule has 0 atom stereocenters. The fourth-order valence-corrected chi connectivity index (χ4v) is 3.40. The van der Waals surface area contributed by atoms with Crippen LogP contribution in [-0.2, 0) is 0 Å². The van der Waals surface area contributed by atoms with Gasteiger partial charge in [0.1, 0.15) is 11.1 Å². The molecule has 0 aliphatic heterocycles. The first-order chi connectivity index (χ1) is 10.2. The molecular weight excluding hydrogens is 278 g/mol. The summed E-state index contributed by atoms with van der Waals surface area (Å²) in [4.78, 5) is 9.80. The first-order valence-electron chi connectivity index (χ1n) is 6.58. The van der Waals surface area contributed by atoms with E-state index < -0.39 is 0 Å². The molecule has 3 nitrogen and oxygen atoms in total. The number of aryl methyl sites for hydroxylation is 2. The molecule has 0 fully saturated rings. The molecule has 21 heavy (non-hydrogen) atoms. The van der Waals surface area contributed by atoms with Crippen LogP contribution in [0.1, 0.15) is 16.8 Å². The minimum Gasteiger partial charge on any atom is -0.255 e. The standard InChI is InChI=1S/C17H13N3S/c1-11-7-12(2)20-16(8-11)21-17-13(9-18)10-19-15-6-4-3-5-14(15)17/h3-8,10H,1-2H3. The molecule has 3 aromatic rings. The lowest BCUT2D eigenvalue weighted by molar-refractivity contribution is 1.05. The van der Waals surface area contributed by atoms with Gasteiger partial charge in [0.15, 0.2) is 0 Å². The molecule has 0 saturated carbocycles. The number of nitrogens with zero attached hydrogens (tertiary/aromatic N) is 3. The van der Waals surface area contributed by atoms with E-state index in [2.05, 4.69) is 23.0 Å². The van der Waals surface area contributed by atoms with Crippen LogP contribution in [0.5, 0.6) is 0 Å². The Balaban J connectivity index is 2.17. The molecule has 102 valence electrons. The van der Waals surface area contributed by atoms with Crippen molar-refractivity contribution >= 4 is 22.7 Å². The second kappa shape index (κ2) is 5.55. The van der Waals surface area contributed by atoms with Crippen LogP contribution in [-0.4, -0.2) is 9.97 Å². The molecular formula is C17H13N3S. The Kier molecular flexibility index (Phi) is 3.59. The van der Waals surface area contributed by atoms with Gasteiger partial charge in [-0.3, -0.25) is 4.98 Å². The lowest BCUT2D eigenvalue weighted by atomic mass is 10.2. The highest BCUT2D eigenvalue weighted by Gasteiger charge is 2.11. The van der Waals surface area contributed by atoms with Crippen LogP contribution >= 0.6 is 11.8 Å². The van der Waals surface area contributed by atoms with Crippen molar-refractivity contribution in [2.45, 2.75) is 23.8 Å². The van der Waals surface area contributed by atoms with Gasteiger partial charge < -0.3 is 0 Å². The normalized spacial score (nSPS) is 10.5. The number of pyridine rings is 2. The quantitative estimate of drug-likeness (QED) is 0.707. The van der Waals surface area contributed by atoms with Crippen LogP contribution in [0.4, 0.5) is 0 Å². The molecule has 0 aliphatic carbocycles. The summed E-state index contributed by atoms with van der Waals surface area (Å²) < 4.78 is 0. The molecule has 2 aromatic heterocycles. The van der Waals surface area contributed by atoms with Crippen molar-refractivity contribution in [3.8, 4) is 6.07 Å². The maximum Gasteiger partial charge on any atom is 0.102 e. The topological polar surface area (TPSA) is 49.6 Å². The zero-order valence-electron chi connectivity index (χ0n) is 11.8. The monoisotopic (exact) mass is 291 g/mol. The van der Waals surface area contributed by atoms with Crippen LogP contribution in [0.25, 0.3) is 10.9 Å². The van der Waals surface area contributed by atoms with Gasteiger partial charge in [0.2, 0.25) is 0 Å². The van der Waals surface area contributed by atoms with E-state index in [-0.39, 0.29) is 0 Å². The largest absolute Gasteiger partial charge is 0.255 e. The van der Waals surface area contributed by atoms with Gasteiger partial charge in [-0.05, 0) is 37.6 Å². The Morgan fingerprint density at radius 1 is 1.14 bits per heavy atom. The Morgan fingerprint density at radius 2 is 1.95 bits per heavy atom. The Morgan fingerprint density at radius 3 is 2.71 bits per heavy atom. The van der Waals surface area contributed by atoms with E-state index in [1.165, 1.54) is 17.3 Å². The molecule has 1 aromatic carbocycles. The summed E-state index contributed by atoms with van der Waals surface area (Å²) in [7, 11) is 0. The zero-order chi connectivity index (χ0) is 14.8. The third-order valence-electron chi connectivity index (χ3n) is 3.13. The second-order valence-electron chi connectivity index (χ2n) is 4.86. The summed E-state index contributed by atoms with van der Waals surface area (Å²) in [6.45, 7) is 4.03. The third kappa shape index (κ3) is 2.74. The number of nitriles is 1. The molecule has 0 spiro atoms. The number of rotatable bonds is 2.